The van der Waals surface area contributed by atoms with Gasteiger partial charge in [-0.15, -0.1) is 0 Å². The highest BCUT2D eigenvalue weighted by Crippen LogP contribution is 2.11. The number of rotatable bonds is 3. The largest absolute Gasteiger partial charge is 0.306 e. The number of hydrogen-bond donors (Lipinski definition) is 1. The molecule has 1 atom stereocenters. The Morgan fingerprint density at radius 3 is 3.11 bits per heavy atom. The summed E-state index contributed by atoms with van der Waals surface area (Å²) in [6.07, 6.45) is 7.33. The molecule has 3 heterocycles. The second-order valence-corrected chi connectivity index (χ2v) is 4.62. The summed E-state index contributed by atoms with van der Waals surface area (Å²) in [6, 6.07) is 0.433. The molecule has 0 bridgehead atoms. The van der Waals surface area contributed by atoms with Crippen molar-refractivity contribution < 1.29 is 0 Å². The van der Waals surface area contributed by atoms with Crippen molar-refractivity contribution in [2.24, 2.45) is 0 Å². The molecule has 1 aliphatic heterocycles. The van der Waals surface area contributed by atoms with Crippen molar-refractivity contribution in [3.63, 3.8) is 0 Å². The summed E-state index contributed by atoms with van der Waals surface area (Å²) < 4.78 is 1.97. The minimum Gasteiger partial charge on any atom is -0.306 e. The van der Waals surface area contributed by atoms with Gasteiger partial charge < -0.3 is 5.32 Å². The molecule has 1 unspecified atom stereocenters. The minimum absolute atomic E-state index is 0.433. The second-order valence-electron chi connectivity index (χ2n) is 4.62. The lowest BCUT2D eigenvalue weighted by atomic mass is 10.1. The van der Waals surface area contributed by atoms with Gasteiger partial charge in [0.1, 0.15) is 12.2 Å². The second kappa shape index (κ2) is 4.81. The minimum atomic E-state index is 0.433. The predicted molar refractivity (Wildman–Crippen MR) is 65.7 cm³/mol. The molecule has 1 N–H and O–H groups in total. The lowest BCUT2D eigenvalue weighted by molar-refractivity contribution is 0.356. The van der Waals surface area contributed by atoms with Crippen molar-refractivity contribution in [3.8, 4) is 0 Å². The van der Waals surface area contributed by atoms with Gasteiger partial charge in [-0.1, -0.05) is 0 Å². The van der Waals surface area contributed by atoms with Crippen molar-refractivity contribution in [1.29, 1.82) is 0 Å². The first-order valence-corrected chi connectivity index (χ1v) is 6.19. The molecule has 18 heavy (non-hydrogen) atoms. The van der Waals surface area contributed by atoms with Gasteiger partial charge in [-0.3, -0.25) is 9.97 Å². The topological polar surface area (TPSA) is 68.5 Å². The van der Waals surface area contributed by atoms with Crippen LogP contribution in [0.15, 0.2) is 18.7 Å². The van der Waals surface area contributed by atoms with Crippen LogP contribution in [0.25, 0.3) is 0 Å². The lowest BCUT2D eigenvalue weighted by Crippen LogP contribution is -2.37. The molecule has 0 radical (unpaired) electrons. The van der Waals surface area contributed by atoms with Crippen molar-refractivity contribution in [2.75, 3.05) is 0 Å². The van der Waals surface area contributed by atoms with E-state index in [-0.39, 0.29) is 0 Å². The van der Waals surface area contributed by atoms with Crippen LogP contribution >= 0.6 is 0 Å². The lowest BCUT2D eigenvalue weighted by Gasteiger charge is -2.23. The molecule has 0 fully saturated rings. The quantitative estimate of drug-likeness (QED) is 0.850. The van der Waals surface area contributed by atoms with Crippen LogP contribution in [0.1, 0.15) is 23.6 Å². The SMILES string of the molecule is Cc1cnc(CNC2CCc3ncnn3C2)cn1. The zero-order valence-electron chi connectivity index (χ0n) is 10.4. The summed E-state index contributed by atoms with van der Waals surface area (Å²) in [5.74, 6) is 1.09. The maximum atomic E-state index is 4.34. The molecule has 2 aromatic heterocycles. The Balaban J connectivity index is 1.57. The maximum absolute atomic E-state index is 4.34. The first-order chi connectivity index (χ1) is 8.81. The molecule has 0 spiro atoms. The van der Waals surface area contributed by atoms with E-state index in [0.717, 1.165) is 43.1 Å². The van der Waals surface area contributed by atoms with Gasteiger partial charge in [0.15, 0.2) is 0 Å². The van der Waals surface area contributed by atoms with E-state index in [9.17, 15) is 0 Å². The highest BCUT2D eigenvalue weighted by molar-refractivity contribution is 5.01. The summed E-state index contributed by atoms with van der Waals surface area (Å²) in [4.78, 5) is 12.8. The van der Waals surface area contributed by atoms with Crippen molar-refractivity contribution in [1.82, 2.24) is 30.0 Å². The molecule has 1 aliphatic rings. The summed E-state index contributed by atoms with van der Waals surface area (Å²) in [6.45, 7) is 3.58. The van der Waals surface area contributed by atoms with Crippen LogP contribution in [0, 0.1) is 6.92 Å². The molecule has 94 valence electrons. The molecule has 0 saturated carbocycles. The van der Waals surface area contributed by atoms with Gasteiger partial charge in [-0.25, -0.2) is 9.67 Å². The molecule has 0 amide bonds. The van der Waals surface area contributed by atoms with E-state index in [0.29, 0.717) is 6.04 Å². The summed E-state index contributed by atoms with van der Waals surface area (Å²) in [7, 11) is 0. The highest BCUT2D eigenvalue weighted by Gasteiger charge is 2.19. The Hall–Kier alpha value is -1.82. The van der Waals surface area contributed by atoms with Crippen LogP contribution in [-0.4, -0.2) is 30.8 Å². The summed E-state index contributed by atoms with van der Waals surface area (Å²) in [5, 5.41) is 7.71. The van der Waals surface area contributed by atoms with Gasteiger partial charge in [0, 0.05) is 31.4 Å². The summed E-state index contributed by atoms with van der Waals surface area (Å²) >= 11 is 0. The van der Waals surface area contributed by atoms with Crippen LogP contribution < -0.4 is 5.32 Å². The standard InChI is InChI=1S/C12H16N6/c1-9-4-14-11(5-13-9)6-15-10-2-3-12-16-8-17-18(12)7-10/h4-5,8,10,15H,2-3,6-7H2,1H3. The molecule has 3 rings (SSSR count). The van der Waals surface area contributed by atoms with Gasteiger partial charge >= 0.3 is 0 Å². The van der Waals surface area contributed by atoms with E-state index in [4.69, 9.17) is 0 Å². The van der Waals surface area contributed by atoms with Crippen molar-refractivity contribution in [3.05, 3.63) is 35.9 Å². The fourth-order valence-corrected chi connectivity index (χ4v) is 2.16. The number of hydrogen-bond acceptors (Lipinski definition) is 5. The molecule has 6 nitrogen and oxygen atoms in total. The predicted octanol–water partition coefficient (Wildman–Crippen LogP) is 0.481. The number of aromatic nitrogens is 5. The number of nitrogens with zero attached hydrogens (tertiary/aromatic N) is 5. The average molecular weight is 244 g/mol. The monoisotopic (exact) mass is 244 g/mol. The Morgan fingerprint density at radius 1 is 1.33 bits per heavy atom. The molecule has 0 aliphatic carbocycles. The van der Waals surface area contributed by atoms with Crippen LogP contribution in [-0.2, 0) is 19.5 Å². The van der Waals surface area contributed by atoms with Gasteiger partial charge in [-0.05, 0) is 13.3 Å². The fraction of sp³-hybridized carbons (Fsp3) is 0.500. The van der Waals surface area contributed by atoms with Crippen LogP contribution in [0.5, 0.6) is 0 Å². The van der Waals surface area contributed by atoms with E-state index in [1.807, 2.05) is 17.8 Å². The first kappa shape index (κ1) is 11.3. The van der Waals surface area contributed by atoms with E-state index in [1.54, 1.807) is 12.5 Å². The number of aryl methyl sites for hydroxylation is 2. The third kappa shape index (κ3) is 2.38. The number of fused-ring (bicyclic) bond motifs is 1. The van der Waals surface area contributed by atoms with Crippen LogP contribution in [0.3, 0.4) is 0 Å². The fourth-order valence-electron chi connectivity index (χ4n) is 2.16. The van der Waals surface area contributed by atoms with Crippen LogP contribution in [0.4, 0.5) is 0 Å². The Morgan fingerprint density at radius 2 is 2.28 bits per heavy atom. The van der Waals surface area contributed by atoms with Gasteiger partial charge in [-0.2, -0.15) is 5.10 Å². The Labute approximate surface area is 105 Å². The molecule has 6 heteroatoms. The normalized spacial score (nSPS) is 18.6. The molecular formula is C12H16N6. The Kier molecular flexibility index (Phi) is 3.02. The van der Waals surface area contributed by atoms with Gasteiger partial charge in [0.2, 0.25) is 0 Å². The van der Waals surface area contributed by atoms with Crippen LogP contribution in [0.2, 0.25) is 0 Å². The van der Waals surface area contributed by atoms with Crippen molar-refractivity contribution >= 4 is 0 Å². The molecule has 0 aromatic carbocycles. The van der Waals surface area contributed by atoms with E-state index < -0.39 is 0 Å². The maximum Gasteiger partial charge on any atom is 0.138 e. The van der Waals surface area contributed by atoms with Gasteiger partial charge in [0.05, 0.1) is 17.9 Å². The van der Waals surface area contributed by atoms with E-state index in [2.05, 4.69) is 25.4 Å². The average Bonchev–Trinajstić information content (AvgIpc) is 2.85. The third-order valence-corrected chi connectivity index (χ3v) is 3.21. The van der Waals surface area contributed by atoms with E-state index in [1.165, 1.54) is 0 Å². The zero-order valence-corrected chi connectivity index (χ0v) is 10.4. The summed E-state index contributed by atoms with van der Waals surface area (Å²) in [5.41, 5.74) is 1.92. The van der Waals surface area contributed by atoms with Crippen molar-refractivity contribution in [2.45, 2.75) is 38.9 Å². The smallest absolute Gasteiger partial charge is 0.138 e. The Bertz CT molecular complexity index is 518. The number of nitrogens with one attached hydrogen (secondary N) is 1. The zero-order chi connectivity index (χ0) is 12.4. The molecular weight excluding hydrogens is 228 g/mol. The first-order valence-electron chi connectivity index (χ1n) is 6.19. The molecule has 2 aromatic rings. The van der Waals surface area contributed by atoms with E-state index >= 15 is 0 Å². The highest BCUT2D eigenvalue weighted by atomic mass is 15.3. The molecule has 0 saturated heterocycles. The van der Waals surface area contributed by atoms with Gasteiger partial charge in [0.25, 0.3) is 0 Å². The third-order valence-electron chi connectivity index (χ3n) is 3.21.